The molecule has 0 radical (unpaired) electrons. The number of rotatable bonds is 3. The van der Waals surface area contributed by atoms with Gasteiger partial charge in [0.1, 0.15) is 12.1 Å². The van der Waals surface area contributed by atoms with Crippen LogP contribution in [0, 0.1) is 0 Å². The van der Waals surface area contributed by atoms with Gasteiger partial charge in [-0.3, -0.25) is 9.69 Å². The molecule has 1 aromatic rings. The van der Waals surface area contributed by atoms with Gasteiger partial charge in [-0.2, -0.15) is 0 Å². The number of carbonyl (C=O) groups is 1. The quantitative estimate of drug-likeness (QED) is 0.874. The fourth-order valence-corrected chi connectivity index (χ4v) is 3.08. The minimum atomic E-state index is 0.111. The van der Waals surface area contributed by atoms with Crippen LogP contribution in [0.4, 0.5) is 5.82 Å². The maximum absolute atomic E-state index is 12.0. The molecule has 0 saturated carbocycles. The molecule has 3 rings (SSSR count). The highest BCUT2D eigenvalue weighted by Crippen LogP contribution is 2.22. The second-order valence-electron chi connectivity index (χ2n) is 5.61. The van der Waals surface area contributed by atoms with Crippen molar-refractivity contribution in [3.63, 3.8) is 0 Å². The fourth-order valence-electron chi connectivity index (χ4n) is 3.08. The van der Waals surface area contributed by atoms with Crippen LogP contribution in [0.2, 0.25) is 0 Å². The van der Waals surface area contributed by atoms with Gasteiger partial charge < -0.3 is 10.2 Å². The van der Waals surface area contributed by atoms with Crippen molar-refractivity contribution in [2.75, 3.05) is 32.0 Å². The first-order chi connectivity index (χ1) is 9.74. The highest BCUT2D eigenvalue weighted by molar-refractivity contribution is 5.83. The van der Waals surface area contributed by atoms with Crippen molar-refractivity contribution < 1.29 is 4.79 Å². The van der Waals surface area contributed by atoms with Gasteiger partial charge in [-0.25, -0.2) is 9.97 Å². The van der Waals surface area contributed by atoms with Crippen LogP contribution in [-0.2, 0) is 4.79 Å². The Morgan fingerprint density at radius 2 is 2.05 bits per heavy atom. The molecule has 2 fully saturated rings. The van der Waals surface area contributed by atoms with Crippen molar-refractivity contribution in [3.05, 3.63) is 18.6 Å². The van der Waals surface area contributed by atoms with E-state index in [1.165, 1.54) is 0 Å². The van der Waals surface area contributed by atoms with Gasteiger partial charge in [-0.15, -0.1) is 0 Å². The second kappa shape index (κ2) is 5.75. The average molecular weight is 275 g/mol. The van der Waals surface area contributed by atoms with Crippen molar-refractivity contribution in [1.82, 2.24) is 19.8 Å². The van der Waals surface area contributed by atoms with Crippen LogP contribution >= 0.6 is 0 Å². The summed E-state index contributed by atoms with van der Waals surface area (Å²) in [5, 5.41) is 3.44. The van der Waals surface area contributed by atoms with Crippen molar-refractivity contribution in [3.8, 4) is 0 Å². The Labute approximate surface area is 119 Å². The topological polar surface area (TPSA) is 61.4 Å². The summed E-state index contributed by atoms with van der Waals surface area (Å²) in [4.78, 5) is 24.3. The molecule has 6 nitrogen and oxygen atoms in total. The first-order valence-electron chi connectivity index (χ1n) is 7.25. The first-order valence-corrected chi connectivity index (χ1v) is 7.25. The molecule has 108 valence electrons. The van der Waals surface area contributed by atoms with Crippen LogP contribution in [0.1, 0.15) is 19.3 Å². The molecular weight excluding hydrogens is 254 g/mol. The van der Waals surface area contributed by atoms with E-state index in [1.54, 1.807) is 12.5 Å². The number of nitrogens with one attached hydrogen (secondary N) is 1. The van der Waals surface area contributed by atoms with Crippen LogP contribution in [0.3, 0.4) is 0 Å². The highest BCUT2D eigenvalue weighted by atomic mass is 16.2. The van der Waals surface area contributed by atoms with Gasteiger partial charge in [0.15, 0.2) is 0 Å². The number of nitrogens with zero attached hydrogens (tertiary/aromatic N) is 4. The van der Waals surface area contributed by atoms with E-state index >= 15 is 0 Å². The Morgan fingerprint density at radius 1 is 1.25 bits per heavy atom. The third-order valence-electron chi connectivity index (χ3n) is 4.30. The summed E-state index contributed by atoms with van der Waals surface area (Å²) in [5.74, 6) is 1.17. The molecular formula is C14H21N5O. The molecule has 2 aliphatic heterocycles. The second-order valence-corrected chi connectivity index (χ2v) is 5.61. The number of carbonyl (C=O) groups excluding carboxylic acids is 1. The van der Waals surface area contributed by atoms with Gasteiger partial charge in [0.25, 0.3) is 0 Å². The van der Waals surface area contributed by atoms with E-state index in [0.717, 1.165) is 44.7 Å². The van der Waals surface area contributed by atoms with E-state index in [2.05, 4.69) is 20.2 Å². The maximum Gasteiger partial charge on any atom is 0.239 e. The number of piperidine rings is 1. The third kappa shape index (κ3) is 2.75. The minimum absolute atomic E-state index is 0.111. The van der Waals surface area contributed by atoms with Gasteiger partial charge in [0, 0.05) is 38.9 Å². The molecule has 2 saturated heterocycles. The van der Waals surface area contributed by atoms with Gasteiger partial charge >= 0.3 is 0 Å². The summed E-state index contributed by atoms with van der Waals surface area (Å²) in [5.41, 5.74) is 0. The number of anilines is 1. The summed E-state index contributed by atoms with van der Waals surface area (Å²) < 4.78 is 0. The lowest BCUT2D eigenvalue weighted by Crippen LogP contribution is -2.47. The van der Waals surface area contributed by atoms with Crippen LogP contribution < -0.4 is 5.32 Å². The molecule has 0 aliphatic carbocycles. The largest absolute Gasteiger partial charge is 0.367 e. The molecule has 1 N–H and O–H groups in total. The number of likely N-dealkylation sites (tertiary alicyclic amines) is 2. The van der Waals surface area contributed by atoms with Crippen LogP contribution in [0.5, 0.6) is 0 Å². The molecule has 20 heavy (non-hydrogen) atoms. The van der Waals surface area contributed by atoms with Gasteiger partial charge in [-0.05, 0) is 25.3 Å². The van der Waals surface area contributed by atoms with E-state index in [9.17, 15) is 4.79 Å². The smallest absolute Gasteiger partial charge is 0.239 e. The number of amides is 1. The monoisotopic (exact) mass is 275 g/mol. The average Bonchev–Trinajstić information content (AvgIpc) is 2.81. The molecule has 1 unspecified atom stereocenters. The molecule has 0 spiro atoms. The lowest BCUT2D eigenvalue weighted by atomic mass is 10.0. The Hall–Kier alpha value is -1.69. The van der Waals surface area contributed by atoms with Gasteiger partial charge in [-0.1, -0.05) is 0 Å². The summed E-state index contributed by atoms with van der Waals surface area (Å²) in [7, 11) is 1.89. The summed E-state index contributed by atoms with van der Waals surface area (Å²) >= 11 is 0. The van der Waals surface area contributed by atoms with E-state index in [4.69, 9.17) is 0 Å². The lowest BCUT2D eigenvalue weighted by molar-refractivity contribution is -0.131. The zero-order valence-electron chi connectivity index (χ0n) is 11.8. The zero-order chi connectivity index (χ0) is 13.9. The standard InChI is InChI=1S/C14H21N5O/c1-18-7-5-12(14(18)20)19-8-3-11(4-9-19)17-13-2-6-15-10-16-13/h2,6,10-12H,3-5,7-9H2,1H3,(H,15,16,17). The number of likely N-dealkylation sites (N-methyl/N-ethyl adjacent to an activating group) is 1. The molecule has 1 aromatic heterocycles. The molecule has 1 atom stereocenters. The Morgan fingerprint density at radius 3 is 2.65 bits per heavy atom. The Bertz CT molecular complexity index is 458. The molecule has 6 heteroatoms. The molecule has 1 amide bonds. The maximum atomic E-state index is 12.0. The van der Waals surface area contributed by atoms with E-state index in [1.807, 2.05) is 18.0 Å². The molecule has 0 aromatic carbocycles. The molecule has 0 bridgehead atoms. The summed E-state index contributed by atoms with van der Waals surface area (Å²) in [6.45, 7) is 2.85. The number of hydrogen-bond donors (Lipinski definition) is 1. The zero-order valence-corrected chi connectivity index (χ0v) is 11.8. The predicted octanol–water partition coefficient (Wildman–Crippen LogP) is 0.584. The van der Waals surface area contributed by atoms with E-state index in [-0.39, 0.29) is 11.9 Å². The highest BCUT2D eigenvalue weighted by Gasteiger charge is 2.35. The third-order valence-corrected chi connectivity index (χ3v) is 4.30. The Kier molecular flexibility index (Phi) is 3.82. The predicted molar refractivity (Wildman–Crippen MR) is 76.3 cm³/mol. The van der Waals surface area contributed by atoms with Gasteiger partial charge in [0.05, 0.1) is 6.04 Å². The van der Waals surface area contributed by atoms with Crippen LogP contribution in [0.15, 0.2) is 18.6 Å². The first kappa shape index (κ1) is 13.3. The van der Waals surface area contributed by atoms with Crippen molar-refractivity contribution in [2.24, 2.45) is 0 Å². The van der Waals surface area contributed by atoms with Crippen molar-refractivity contribution in [2.45, 2.75) is 31.3 Å². The Balaban J connectivity index is 1.51. The van der Waals surface area contributed by atoms with E-state index in [0.29, 0.717) is 6.04 Å². The van der Waals surface area contributed by atoms with Crippen LogP contribution in [0.25, 0.3) is 0 Å². The van der Waals surface area contributed by atoms with Crippen molar-refractivity contribution >= 4 is 11.7 Å². The SMILES string of the molecule is CN1CCC(N2CCC(Nc3ccncn3)CC2)C1=O. The van der Waals surface area contributed by atoms with Gasteiger partial charge in [0.2, 0.25) is 5.91 Å². The number of aromatic nitrogens is 2. The van der Waals surface area contributed by atoms with Crippen molar-refractivity contribution in [1.29, 1.82) is 0 Å². The normalized spacial score (nSPS) is 25.1. The minimum Gasteiger partial charge on any atom is -0.367 e. The summed E-state index contributed by atoms with van der Waals surface area (Å²) in [6, 6.07) is 2.44. The fraction of sp³-hybridized carbons (Fsp3) is 0.643. The molecule has 3 heterocycles. The number of hydrogen-bond acceptors (Lipinski definition) is 5. The summed E-state index contributed by atoms with van der Waals surface area (Å²) in [6.07, 6.45) is 6.39. The van der Waals surface area contributed by atoms with E-state index < -0.39 is 0 Å². The molecule has 2 aliphatic rings. The lowest BCUT2D eigenvalue weighted by Gasteiger charge is -2.35. The van der Waals surface area contributed by atoms with Crippen LogP contribution in [-0.4, -0.2) is 64.4 Å².